The molecule has 2 N–H and O–H groups in total. The molecule has 0 radical (unpaired) electrons. The fourth-order valence-electron chi connectivity index (χ4n) is 2.72. The third kappa shape index (κ3) is 4.34. The normalized spacial score (nSPS) is 15.6. The van der Waals surface area contributed by atoms with E-state index in [0.717, 1.165) is 0 Å². The quantitative estimate of drug-likeness (QED) is 0.487. The van der Waals surface area contributed by atoms with Crippen molar-refractivity contribution in [1.29, 1.82) is 0 Å². The summed E-state index contributed by atoms with van der Waals surface area (Å²) in [6.07, 6.45) is -4.36. The van der Waals surface area contributed by atoms with E-state index in [2.05, 4.69) is 6.58 Å². The van der Waals surface area contributed by atoms with Gasteiger partial charge in [-0.1, -0.05) is 6.58 Å². The zero-order chi connectivity index (χ0) is 19.5. The predicted octanol–water partition coefficient (Wildman–Crippen LogP) is 2.00. The molecule has 1 aromatic rings. The second kappa shape index (κ2) is 7.77. The molecule has 1 aliphatic heterocycles. The Hall–Kier alpha value is -2.55. The molecule has 6 nitrogen and oxygen atoms in total. The number of amides is 1. The number of hydrogen-bond acceptors (Lipinski definition) is 5. The molecule has 9 heteroatoms. The average Bonchev–Trinajstić information content (AvgIpc) is 2.60. The first-order chi connectivity index (χ1) is 12.1. The van der Waals surface area contributed by atoms with Crippen molar-refractivity contribution >= 4 is 23.1 Å². The van der Waals surface area contributed by atoms with Crippen molar-refractivity contribution in [2.24, 2.45) is 5.73 Å². The van der Waals surface area contributed by atoms with Gasteiger partial charge in [0.2, 0.25) is 5.91 Å². The van der Waals surface area contributed by atoms with Gasteiger partial charge in [0.15, 0.2) is 0 Å². The van der Waals surface area contributed by atoms with Crippen LogP contribution in [0.4, 0.5) is 18.9 Å². The highest BCUT2D eigenvalue weighted by Crippen LogP contribution is 2.28. The lowest BCUT2D eigenvalue weighted by molar-refractivity contribution is -0.246. The number of esters is 1. The van der Waals surface area contributed by atoms with Crippen LogP contribution in [0.2, 0.25) is 0 Å². The van der Waals surface area contributed by atoms with Crippen molar-refractivity contribution in [2.45, 2.75) is 13.2 Å². The second-order valence-corrected chi connectivity index (χ2v) is 5.74. The summed E-state index contributed by atoms with van der Waals surface area (Å²) >= 11 is 0. The molecule has 0 spiro atoms. The van der Waals surface area contributed by atoms with Gasteiger partial charge in [-0.2, -0.15) is 13.2 Å². The molecule has 0 saturated carbocycles. The second-order valence-electron chi connectivity index (χ2n) is 5.74. The molecule has 1 amide bonds. The van der Waals surface area contributed by atoms with E-state index in [4.69, 9.17) is 10.5 Å². The summed E-state index contributed by atoms with van der Waals surface area (Å²) in [4.78, 5) is 25.8. The third-order valence-corrected chi connectivity index (χ3v) is 4.12. The van der Waals surface area contributed by atoms with Crippen molar-refractivity contribution < 1.29 is 27.5 Å². The van der Waals surface area contributed by atoms with Crippen molar-refractivity contribution in [3.63, 3.8) is 0 Å². The molecule has 2 rings (SSSR count). The van der Waals surface area contributed by atoms with Gasteiger partial charge in [0.25, 0.3) is 0 Å². The van der Waals surface area contributed by atoms with Crippen molar-refractivity contribution in [3.8, 4) is 0 Å². The van der Waals surface area contributed by atoms with Gasteiger partial charge in [0, 0.05) is 43.0 Å². The van der Waals surface area contributed by atoms with Crippen LogP contribution in [0, 0.1) is 0 Å². The summed E-state index contributed by atoms with van der Waals surface area (Å²) in [6, 6.07) is 4.60. The number of primary amides is 1. The Bertz CT molecular complexity index is 711. The van der Waals surface area contributed by atoms with Gasteiger partial charge in [0.05, 0.1) is 12.2 Å². The van der Waals surface area contributed by atoms with E-state index in [1.54, 1.807) is 17.9 Å². The fraction of sp³-hybridized carbons (Fsp3) is 0.412. The van der Waals surface area contributed by atoms with Gasteiger partial charge in [0.1, 0.15) is 0 Å². The molecular weight excluding hydrogens is 351 g/mol. The van der Waals surface area contributed by atoms with E-state index < -0.39 is 18.2 Å². The van der Waals surface area contributed by atoms with E-state index in [1.807, 2.05) is 0 Å². The number of rotatable bonds is 5. The average molecular weight is 371 g/mol. The van der Waals surface area contributed by atoms with Gasteiger partial charge in [-0.15, -0.1) is 0 Å². The van der Waals surface area contributed by atoms with Crippen molar-refractivity contribution in [2.75, 3.05) is 37.7 Å². The molecule has 0 aliphatic carbocycles. The number of halogens is 3. The number of carbonyl (C=O) groups is 2. The standard InChI is InChI=1S/C17H20F3N3O3/c1-3-26-16(25)13-5-4-12(10-14(13)11(2)15(21)24)22-6-8-23(9-7-22)17(18,19)20/h4-5,10H,2-3,6-9H2,1H3,(H2,21,24). The molecule has 26 heavy (non-hydrogen) atoms. The van der Waals surface area contributed by atoms with Crippen LogP contribution in [0.5, 0.6) is 0 Å². The SMILES string of the molecule is C=C(C(N)=O)c1cc(N2CCN(C(F)(F)F)CC2)ccc1C(=O)OCC. The summed E-state index contributed by atoms with van der Waals surface area (Å²) in [5, 5.41) is 0. The molecule has 1 saturated heterocycles. The van der Waals surface area contributed by atoms with E-state index in [0.29, 0.717) is 10.6 Å². The van der Waals surface area contributed by atoms with Gasteiger partial charge in [-0.3, -0.25) is 4.79 Å². The molecule has 142 valence electrons. The molecule has 0 aromatic heterocycles. The van der Waals surface area contributed by atoms with Crippen molar-refractivity contribution in [1.82, 2.24) is 4.90 Å². The van der Waals surface area contributed by atoms with Crippen LogP contribution in [-0.4, -0.2) is 55.9 Å². The molecular formula is C17H20F3N3O3. The zero-order valence-corrected chi connectivity index (χ0v) is 14.3. The molecule has 0 atom stereocenters. The summed E-state index contributed by atoms with van der Waals surface area (Å²) < 4.78 is 43.2. The Morgan fingerprint density at radius 2 is 1.81 bits per heavy atom. The van der Waals surface area contributed by atoms with Gasteiger partial charge in [-0.25, -0.2) is 9.69 Å². The van der Waals surface area contributed by atoms with Gasteiger partial charge >= 0.3 is 12.3 Å². The molecule has 1 aromatic carbocycles. The highest BCUT2D eigenvalue weighted by Gasteiger charge is 2.38. The number of carbonyl (C=O) groups excluding carboxylic acids is 2. The first-order valence-corrected chi connectivity index (χ1v) is 8.02. The number of nitrogens with zero attached hydrogens (tertiary/aromatic N) is 2. The highest BCUT2D eigenvalue weighted by atomic mass is 19.4. The molecule has 1 aliphatic rings. The Morgan fingerprint density at radius 3 is 2.31 bits per heavy atom. The summed E-state index contributed by atoms with van der Waals surface area (Å²) in [7, 11) is 0. The first-order valence-electron chi connectivity index (χ1n) is 8.02. The Morgan fingerprint density at radius 1 is 1.19 bits per heavy atom. The number of anilines is 1. The maximum absolute atomic E-state index is 12.7. The number of hydrogen-bond donors (Lipinski definition) is 1. The van der Waals surface area contributed by atoms with Crippen LogP contribution >= 0.6 is 0 Å². The summed E-state index contributed by atoms with van der Waals surface area (Å²) in [5.74, 6) is -1.42. The van der Waals surface area contributed by atoms with Crippen LogP contribution in [0.15, 0.2) is 24.8 Å². The fourth-order valence-corrected chi connectivity index (χ4v) is 2.72. The minimum absolute atomic E-state index is 0.0659. The lowest BCUT2D eigenvalue weighted by Crippen LogP contribution is -2.52. The zero-order valence-electron chi connectivity index (χ0n) is 14.3. The smallest absolute Gasteiger partial charge is 0.460 e. The minimum Gasteiger partial charge on any atom is -0.462 e. The topological polar surface area (TPSA) is 75.9 Å². The van der Waals surface area contributed by atoms with Crippen molar-refractivity contribution in [3.05, 3.63) is 35.9 Å². The van der Waals surface area contributed by atoms with E-state index in [-0.39, 0.29) is 49.5 Å². The largest absolute Gasteiger partial charge is 0.462 e. The van der Waals surface area contributed by atoms with E-state index in [9.17, 15) is 22.8 Å². The lowest BCUT2D eigenvalue weighted by Gasteiger charge is -2.36. The van der Waals surface area contributed by atoms with Gasteiger partial charge in [-0.05, 0) is 25.1 Å². The van der Waals surface area contributed by atoms with Gasteiger partial charge < -0.3 is 15.4 Å². The number of ether oxygens (including phenoxy) is 1. The van der Waals surface area contributed by atoms with Crippen LogP contribution in [0.1, 0.15) is 22.8 Å². The van der Waals surface area contributed by atoms with E-state index >= 15 is 0 Å². The van der Waals surface area contributed by atoms with Crippen LogP contribution < -0.4 is 10.6 Å². The Balaban J connectivity index is 2.28. The third-order valence-electron chi connectivity index (χ3n) is 4.12. The Labute approximate surface area is 149 Å². The minimum atomic E-state index is -4.36. The number of piperazine rings is 1. The maximum atomic E-state index is 12.7. The predicted molar refractivity (Wildman–Crippen MR) is 90.5 cm³/mol. The summed E-state index contributed by atoms with van der Waals surface area (Å²) in [5.41, 5.74) is 6.13. The summed E-state index contributed by atoms with van der Waals surface area (Å²) in [6.45, 7) is 5.37. The van der Waals surface area contributed by atoms with Crippen LogP contribution in [-0.2, 0) is 9.53 Å². The molecule has 0 unspecified atom stereocenters. The lowest BCUT2D eigenvalue weighted by atomic mass is 9.99. The molecule has 0 bridgehead atoms. The molecule has 1 fully saturated rings. The highest BCUT2D eigenvalue weighted by molar-refractivity contribution is 6.20. The number of alkyl halides is 3. The number of nitrogens with two attached hydrogens (primary N) is 1. The first kappa shape index (κ1) is 19.8. The van der Waals surface area contributed by atoms with E-state index in [1.165, 1.54) is 12.1 Å². The Kier molecular flexibility index (Phi) is 5.91. The molecule has 1 heterocycles. The number of benzene rings is 1. The monoisotopic (exact) mass is 371 g/mol. The van der Waals surface area contributed by atoms with Crippen LogP contribution in [0.25, 0.3) is 5.57 Å². The van der Waals surface area contributed by atoms with Crippen LogP contribution in [0.3, 0.4) is 0 Å². The maximum Gasteiger partial charge on any atom is 0.460 e.